The molecule has 0 saturated heterocycles. The third-order valence-corrected chi connectivity index (χ3v) is 6.93. The fraction of sp³-hybridized carbons (Fsp3) is 0.261. The molecule has 4 aromatic rings. The van der Waals surface area contributed by atoms with Crippen molar-refractivity contribution in [3.8, 4) is 22.5 Å². The van der Waals surface area contributed by atoms with Crippen molar-refractivity contribution in [1.29, 1.82) is 0 Å². The van der Waals surface area contributed by atoms with Crippen molar-refractivity contribution in [1.82, 2.24) is 14.8 Å². The van der Waals surface area contributed by atoms with Gasteiger partial charge in [-0.15, -0.1) is 11.3 Å². The summed E-state index contributed by atoms with van der Waals surface area (Å²) in [5.74, 6) is -1.19. The Morgan fingerprint density at radius 1 is 1.27 bits per heavy atom. The second-order valence-corrected chi connectivity index (χ2v) is 9.74. The predicted molar refractivity (Wildman–Crippen MR) is 118 cm³/mol. The Bertz CT molecular complexity index is 1360. The number of benzene rings is 1. The quantitative estimate of drug-likeness (QED) is 0.481. The average Bonchev–Trinajstić information content (AvgIpc) is 3.37. The van der Waals surface area contributed by atoms with Gasteiger partial charge in [0.25, 0.3) is 0 Å². The van der Waals surface area contributed by atoms with Crippen LogP contribution in [0.25, 0.3) is 32.6 Å². The fourth-order valence-electron chi connectivity index (χ4n) is 4.45. The number of pyridine rings is 1. The van der Waals surface area contributed by atoms with Gasteiger partial charge in [0, 0.05) is 45.7 Å². The minimum atomic E-state index is -1.19. The van der Waals surface area contributed by atoms with Crippen molar-refractivity contribution in [2.45, 2.75) is 33.2 Å². The summed E-state index contributed by atoms with van der Waals surface area (Å²) in [6, 6.07) is 7.67. The topological polar surface area (TPSA) is 88.0 Å². The molecule has 1 aliphatic rings. The number of aromatic carboxylic acids is 1. The Morgan fingerprint density at radius 3 is 2.73 bits per heavy atom. The largest absolute Gasteiger partial charge is 0.477 e. The van der Waals surface area contributed by atoms with Gasteiger partial charge in [-0.25, -0.2) is 4.79 Å². The zero-order chi connectivity index (χ0) is 21.2. The number of carbonyl (C=O) groups is 1. The van der Waals surface area contributed by atoms with Gasteiger partial charge in [0.15, 0.2) is 5.43 Å². The SMILES string of the molecule is CC(C)(C)[C@@H]1Cc2c(cc(-c3ccn[nH]3)c3ccsc23)-c2cc(=O)c(C(=O)O)cn21. The third kappa shape index (κ3) is 2.73. The van der Waals surface area contributed by atoms with Gasteiger partial charge in [0.1, 0.15) is 5.56 Å². The summed E-state index contributed by atoms with van der Waals surface area (Å²) in [5, 5.41) is 19.9. The zero-order valence-electron chi connectivity index (χ0n) is 16.9. The van der Waals surface area contributed by atoms with E-state index in [0.29, 0.717) is 0 Å². The number of nitrogens with one attached hydrogen (secondary N) is 1. The average molecular weight is 420 g/mol. The lowest BCUT2D eigenvalue weighted by atomic mass is 9.78. The van der Waals surface area contributed by atoms with Crippen LogP contribution in [-0.2, 0) is 6.42 Å². The molecule has 0 unspecified atom stereocenters. The number of aromatic amines is 1. The van der Waals surface area contributed by atoms with E-state index in [1.807, 2.05) is 10.6 Å². The van der Waals surface area contributed by atoms with Crippen LogP contribution in [0.5, 0.6) is 0 Å². The van der Waals surface area contributed by atoms with Crippen LogP contribution in [0.15, 0.2) is 46.8 Å². The van der Waals surface area contributed by atoms with Crippen molar-refractivity contribution in [2.24, 2.45) is 5.41 Å². The molecule has 4 heterocycles. The highest BCUT2D eigenvalue weighted by molar-refractivity contribution is 7.17. The van der Waals surface area contributed by atoms with Crippen LogP contribution < -0.4 is 5.43 Å². The highest BCUT2D eigenvalue weighted by Crippen LogP contribution is 2.47. The molecule has 2 N–H and O–H groups in total. The number of aromatic nitrogens is 3. The minimum Gasteiger partial charge on any atom is -0.477 e. The van der Waals surface area contributed by atoms with Gasteiger partial charge in [-0.1, -0.05) is 20.8 Å². The Morgan fingerprint density at radius 2 is 2.07 bits per heavy atom. The third-order valence-electron chi connectivity index (χ3n) is 5.95. The first-order valence-corrected chi connectivity index (χ1v) is 10.7. The zero-order valence-corrected chi connectivity index (χ0v) is 17.7. The van der Waals surface area contributed by atoms with Crippen LogP contribution in [0, 0.1) is 5.41 Å². The second kappa shape index (κ2) is 6.40. The first-order valence-electron chi connectivity index (χ1n) is 9.78. The van der Waals surface area contributed by atoms with Crippen LogP contribution in [0.1, 0.15) is 42.7 Å². The van der Waals surface area contributed by atoms with E-state index in [2.05, 4.69) is 48.5 Å². The molecule has 1 atom stereocenters. The Labute approximate surface area is 176 Å². The highest BCUT2D eigenvalue weighted by atomic mass is 32.1. The molecular weight excluding hydrogens is 398 g/mol. The Hall–Kier alpha value is -3.19. The molecule has 7 heteroatoms. The monoisotopic (exact) mass is 419 g/mol. The standard InChI is InChI=1S/C23H21N3O3S/c1-23(2,3)20-9-15-14(18-10-19(27)16(22(28)29)11-26(18)20)8-13(17-4-6-24-25-17)12-5-7-30-21(12)15/h4-8,10-11,20H,9H2,1-3H3,(H,24,25)(H,28,29)/t20-/m0/s1. The van der Waals surface area contributed by atoms with Gasteiger partial charge in [-0.2, -0.15) is 5.10 Å². The van der Waals surface area contributed by atoms with E-state index in [0.717, 1.165) is 34.3 Å². The van der Waals surface area contributed by atoms with E-state index in [1.165, 1.54) is 22.5 Å². The van der Waals surface area contributed by atoms with Crippen molar-refractivity contribution in [3.63, 3.8) is 0 Å². The Balaban J connectivity index is 1.88. The number of thiophene rings is 1. The van der Waals surface area contributed by atoms with Crippen LogP contribution in [0.2, 0.25) is 0 Å². The van der Waals surface area contributed by atoms with E-state index in [1.54, 1.807) is 17.5 Å². The fourth-order valence-corrected chi connectivity index (χ4v) is 5.43. The van der Waals surface area contributed by atoms with E-state index < -0.39 is 11.4 Å². The van der Waals surface area contributed by atoms with Crippen LogP contribution in [0.4, 0.5) is 0 Å². The van der Waals surface area contributed by atoms with Gasteiger partial charge in [0.2, 0.25) is 0 Å². The first-order chi connectivity index (χ1) is 14.3. The molecule has 1 aromatic carbocycles. The number of rotatable bonds is 2. The lowest BCUT2D eigenvalue weighted by Crippen LogP contribution is -2.32. The lowest BCUT2D eigenvalue weighted by molar-refractivity contribution is 0.0693. The number of H-pyrrole nitrogens is 1. The van der Waals surface area contributed by atoms with E-state index >= 15 is 0 Å². The van der Waals surface area contributed by atoms with E-state index in [9.17, 15) is 14.7 Å². The smallest absolute Gasteiger partial charge is 0.341 e. The summed E-state index contributed by atoms with van der Waals surface area (Å²) < 4.78 is 3.19. The molecule has 3 aromatic heterocycles. The molecule has 5 rings (SSSR count). The predicted octanol–water partition coefficient (Wildman–Crippen LogP) is 4.96. The summed E-state index contributed by atoms with van der Waals surface area (Å²) in [6.45, 7) is 6.45. The molecule has 1 aliphatic heterocycles. The van der Waals surface area contributed by atoms with Gasteiger partial charge in [0.05, 0.1) is 11.4 Å². The van der Waals surface area contributed by atoms with Crippen molar-refractivity contribution < 1.29 is 9.90 Å². The second-order valence-electron chi connectivity index (χ2n) is 8.82. The van der Waals surface area contributed by atoms with Crippen molar-refractivity contribution in [2.75, 3.05) is 0 Å². The number of nitrogens with zero attached hydrogens (tertiary/aromatic N) is 2. The molecule has 6 nitrogen and oxygen atoms in total. The van der Waals surface area contributed by atoms with Crippen LogP contribution >= 0.6 is 11.3 Å². The molecule has 30 heavy (non-hydrogen) atoms. The van der Waals surface area contributed by atoms with E-state index in [4.69, 9.17) is 0 Å². The molecule has 0 amide bonds. The van der Waals surface area contributed by atoms with Gasteiger partial charge >= 0.3 is 5.97 Å². The molecule has 0 aliphatic carbocycles. The molecule has 0 fully saturated rings. The van der Waals surface area contributed by atoms with Crippen molar-refractivity contribution >= 4 is 27.4 Å². The minimum absolute atomic E-state index is 0.0296. The van der Waals surface area contributed by atoms with Gasteiger partial charge < -0.3 is 9.67 Å². The van der Waals surface area contributed by atoms with E-state index in [-0.39, 0.29) is 17.0 Å². The highest BCUT2D eigenvalue weighted by Gasteiger charge is 2.35. The molecule has 0 spiro atoms. The molecule has 0 radical (unpaired) electrons. The summed E-state index contributed by atoms with van der Waals surface area (Å²) in [6.07, 6.45) is 4.02. The summed E-state index contributed by atoms with van der Waals surface area (Å²) in [7, 11) is 0. The van der Waals surface area contributed by atoms with Gasteiger partial charge in [-0.05, 0) is 41.0 Å². The number of hydrogen-bond donors (Lipinski definition) is 2. The maximum atomic E-state index is 12.6. The lowest BCUT2D eigenvalue weighted by Gasteiger charge is -2.39. The number of carboxylic acid groups (broad SMARTS) is 1. The molecule has 152 valence electrons. The molecule has 0 saturated carbocycles. The molecule has 0 bridgehead atoms. The summed E-state index contributed by atoms with van der Waals surface area (Å²) in [4.78, 5) is 24.3. The first kappa shape index (κ1) is 18.8. The number of carboxylic acids is 1. The summed E-state index contributed by atoms with van der Waals surface area (Å²) in [5.41, 5.74) is 4.11. The summed E-state index contributed by atoms with van der Waals surface area (Å²) >= 11 is 1.70. The molecular formula is C23H21N3O3S. The van der Waals surface area contributed by atoms with Crippen LogP contribution in [-0.4, -0.2) is 25.8 Å². The number of fused-ring (bicyclic) bond motifs is 5. The van der Waals surface area contributed by atoms with Gasteiger partial charge in [-0.3, -0.25) is 9.89 Å². The van der Waals surface area contributed by atoms with Crippen LogP contribution in [0.3, 0.4) is 0 Å². The maximum Gasteiger partial charge on any atom is 0.341 e. The maximum absolute atomic E-state index is 12.6. The van der Waals surface area contributed by atoms with Crippen molar-refractivity contribution in [3.05, 3.63) is 63.4 Å². The normalized spacial score (nSPS) is 15.8. The number of hydrogen-bond acceptors (Lipinski definition) is 4. The Kier molecular flexibility index (Phi) is 4.02.